The molecule has 0 saturated heterocycles. The molecule has 0 unspecified atom stereocenters. The van der Waals surface area contributed by atoms with Gasteiger partial charge in [-0.3, -0.25) is 4.79 Å². The Bertz CT molecular complexity index is 769. The van der Waals surface area contributed by atoms with Crippen molar-refractivity contribution in [1.82, 2.24) is 5.32 Å². The Labute approximate surface area is 157 Å². The van der Waals surface area contributed by atoms with Crippen molar-refractivity contribution in [3.63, 3.8) is 0 Å². The van der Waals surface area contributed by atoms with Crippen LogP contribution in [0.3, 0.4) is 0 Å². The molecule has 26 heavy (non-hydrogen) atoms. The minimum atomic E-state index is -0.110. The molecule has 0 radical (unpaired) electrons. The number of hydrogen-bond acceptors (Lipinski definition) is 5. The molecule has 2 aromatic rings. The fraction of sp³-hybridized carbons (Fsp3) is 0.350. The van der Waals surface area contributed by atoms with Crippen molar-refractivity contribution in [1.29, 1.82) is 0 Å². The van der Waals surface area contributed by atoms with Gasteiger partial charge in [0.1, 0.15) is 0 Å². The molecule has 1 aliphatic carbocycles. The Hall–Kier alpha value is -2.47. The normalized spacial score (nSPS) is 14.9. The van der Waals surface area contributed by atoms with Crippen LogP contribution in [-0.2, 0) is 10.2 Å². The van der Waals surface area contributed by atoms with Crippen LogP contribution in [0.2, 0.25) is 0 Å². The summed E-state index contributed by atoms with van der Waals surface area (Å²) < 4.78 is 16.0. The van der Waals surface area contributed by atoms with Gasteiger partial charge in [0, 0.05) is 22.9 Å². The molecule has 0 aliphatic heterocycles. The van der Waals surface area contributed by atoms with E-state index in [-0.39, 0.29) is 11.3 Å². The van der Waals surface area contributed by atoms with Gasteiger partial charge in [-0.15, -0.1) is 11.3 Å². The molecular weight excluding hydrogens is 350 g/mol. The fourth-order valence-corrected chi connectivity index (χ4v) is 3.91. The van der Waals surface area contributed by atoms with Crippen LogP contribution in [0, 0.1) is 0 Å². The number of rotatable bonds is 8. The number of carbonyl (C=O) groups is 1. The highest BCUT2D eigenvalue weighted by Gasteiger charge is 2.45. The third kappa shape index (κ3) is 3.85. The Kier molecular flexibility index (Phi) is 5.52. The molecule has 1 saturated carbocycles. The molecule has 6 heteroatoms. The van der Waals surface area contributed by atoms with E-state index in [1.165, 1.54) is 11.0 Å². The van der Waals surface area contributed by atoms with E-state index in [1.807, 2.05) is 0 Å². The van der Waals surface area contributed by atoms with Crippen LogP contribution < -0.4 is 19.5 Å². The van der Waals surface area contributed by atoms with Crippen molar-refractivity contribution in [2.75, 3.05) is 27.9 Å². The second-order valence-corrected chi connectivity index (χ2v) is 7.22. The number of methoxy groups -OCH3 is 3. The number of benzene rings is 1. The van der Waals surface area contributed by atoms with Gasteiger partial charge in [-0.25, -0.2) is 0 Å². The third-order valence-electron chi connectivity index (χ3n) is 4.61. The summed E-state index contributed by atoms with van der Waals surface area (Å²) in [6.45, 7) is 0.673. The first-order chi connectivity index (χ1) is 12.6. The van der Waals surface area contributed by atoms with Gasteiger partial charge >= 0.3 is 0 Å². The van der Waals surface area contributed by atoms with Crippen LogP contribution in [0.4, 0.5) is 0 Å². The molecule has 0 bridgehead atoms. The molecule has 5 nitrogen and oxygen atoms in total. The largest absolute Gasteiger partial charge is 0.493 e. The van der Waals surface area contributed by atoms with Crippen LogP contribution in [0.25, 0.3) is 6.08 Å². The lowest BCUT2D eigenvalue weighted by Gasteiger charge is -2.14. The molecule has 1 heterocycles. The predicted octanol–water partition coefficient (Wildman–Crippen LogP) is 3.64. The summed E-state index contributed by atoms with van der Waals surface area (Å²) in [5, 5.41) is 5.10. The van der Waals surface area contributed by atoms with Gasteiger partial charge < -0.3 is 19.5 Å². The smallest absolute Gasteiger partial charge is 0.244 e. The number of nitrogens with one attached hydrogen (secondary N) is 1. The fourth-order valence-electron chi connectivity index (χ4n) is 2.93. The summed E-state index contributed by atoms with van der Waals surface area (Å²) >= 11 is 1.76. The SMILES string of the molecule is COc1cc(/C=C/C(=O)NCC2(c3cccs3)CC2)cc(OC)c1OC. The first-order valence-electron chi connectivity index (χ1n) is 8.42. The zero-order chi connectivity index (χ0) is 18.6. The third-order valence-corrected chi connectivity index (χ3v) is 5.73. The molecular formula is C20H23NO4S. The second kappa shape index (κ2) is 7.83. The first kappa shape index (κ1) is 18.3. The van der Waals surface area contributed by atoms with E-state index in [0.717, 1.165) is 18.4 Å². The van der Waals surface area contributed by atoms with E-state index >= 15 is 0 Å². The maximum absolute atomic E-state index is 12.2. The van der Waals surface area contributed by atoms with Crippen LogP contribution in [0.15, 0.2) is 35.7 Å². The minimum Gasteiger partial charge on any atom is -0.493 e. The van der Waals surface area contributed by atoms with Gasteiger partial charge in [0.2, 0.25) is 11.7 Å². The number of ether oxygens (including phenoxy) is 3. The molecule has 1 aromatic carbocycles. The molecule has 1 aliphatic rings. The zero-order valence-corrected chi connectivity index (χ0v) is 16.0. The lowest BCUT2D eigenvalue weighted by Crippen LogP contribution is -2.30. The maximum atomic E-state index is 12.2. The maximum Gasteiger partial charge on any atom is 0.244 e. The molecule has 3 rings (SSSR count). The van der Waals surface area contributed by atoms with Crippen molar-refractivity contribution in [2.24, 2.45) is 0 Å². The van der Waals surface area contributed by atoms with Crippen LogP contribution in [0.5, 0.6) is 17.2 Å². The first-order valence-corrected chi connectivity index (χ1v) is 9.30. The molecule has 1 fully saturated rings. The molecule has 0 atom stereocenters. The summed E-state index contributed by atoms with van der Waals surface area (Å²) in [6, 6.07) is 7.82. The lowest BCUT2D eigenvalue weighted by molar-refractivity contribution is -0.116. The van der Waals surface area contributed by atoms with Crippen LogP contribution in [-0.4, -0.2) is 33.8 Å². The highest BCUT2D eigenvalue weighted by Crippen LogP contribution is 2.49. The van der Waals surface area contributed by atoms with E-state index in [9.17, 15) is 4.79 Å². The zero-order valence-electron chi connectivity index (χ0n) is 15.2. The summed E-state index contributed by atoms with van der Waals surface area (Å²) in [5.74, 6) is 1.54. The van der Waals surface area contributed by atoms with Gasteiger partial charge in [-0.1, -0.05) is 6.07 Å². The van der Waals surface area contributed by atoms with Crippen LogP contribution in [0.1, 0.15) is 23.3 Å². The Morgan fingerprint density at radius 1 is 1.19 bits per heavy atom. The van der Waals surface area contributed by atoms with Gasteiger partial charge in [0.05, 0.1) is 21.3 Å². The standard InChI is InChI=1S/C20H23NO4S/c1-23-15-11-14(12-16(24-2)19(15)25-3)6-7-18(22)21-13-20(8-9-20)17-5-4-10-26-17/h4-7,10-12H,8-9,13H2,1-3H3,(H,21,22)/b7-6+. The molecule has 138 valence electrons. The van der Waals surface area contributed by atoms with Crippen molar-refractivity contribution >= 4 is 23.3 Å². The highest BCUT2D eigenvalue weighted by atomic mass is 32.1. The molecule has 1 amide bonds. The predicted molar refractivity (Wildman–Crippen MR) is 103 cm³/mol. The van der Waals surface area contributed by atoms with Crippen molar-refractivity contribution in [3.8, 4) is 17.2 Å². The average Bonchev–Trinajstić information content (AvgIpc) is 3.25. The van der Waals surface area contributed by atoms with Crippen LogP contribution >= 0.6 is 11.3 Å². The van der Waals surface area contributed by atoms with Gasteiger partial charge in [-0.05, 0) is 48.1 Å². The van der Waals surface area contributed by atoms with Crippen molar-refractivity contribution in [3.05, 3.63) is 46.2 Å². The monoisotopic (exact) mass is 373 g/mol. The van der Waals surface area contributed by atoms with E-state index in [2.05, 4.69) is 22.8 Å². The van der Waals surface area contributed by atoms with Gasteiger partial charge in [0.15, 0.2) is 11.5 Å². The Balaban J connectivity index is 1.65. The summed E-state index contributed by atoms with van der Waals surface area (Å²) in [5.41, 5.74) is 0.943. The van der Waals surface area contributed by atoms with E-state index in [4.69, 9.17) is 14.2 Å². The Morgan fingerprint density at radius 3 is 2.38 bits per heavy atom. The Morgan fingerprint density at radius 2 is 1.88 bits per heavy atom. The quantitative estimate of drug-likeness (QED) is 0.718. The summed E-state index contributed by atoms with van der Waals surface area (Å²) in [4.78, 5) is 13.6. The minimum absolute atomic E-state index is 0.110. The van der Waals surface area contributed by atoms with E-state index in [0.29, 0.717) is 23.8 Å². The number of carbonyl (C=O) groups excluding carboxylic acids is 1. The van der Waals surface area contributed by atoms with Gasteiger partial charge in [-0.2, -0.15) is 0 Å². The second-order valence-electron chi connectivity index (χ2n) is 6.27. The average molecular weight is 373 g/mol. The molecule has 1 N–H and O–H groups in total. The lowest BCUT2D eigenvalue weighted by atomic mass is 10.1. The van der Waals surface area contributed by atoms with Crippen molar-refractivity contribution in [2.45, 2.75) is 18.3 Å². The number of hydrogen-bond donors (Lipinski definition) is 1. The molecule has 0 spiro atoms. The summed E-state index contributed by atoms with van der Waals surface area (Å²) in [7, 11) is 4.69. The number of thiophene rings is 1. The van der Waals surface area contributed by atoms with Crippen molar-refractivity contribution < 1.29 is 19.0 Å². The van der Waals surface area contributed by atoms with E-state index in [1.54, 1.807) is 50.9 Å². The van der Waals surface area contributed by atoms with Gasteiger partial charge in [0.25, 0.3) is 0 Å². The highest BCUT2D eigenvalue weighted by molar-refractivity contribution is 7.10. The summed E-state index contributed by atoms with van der Waals surface area (Å²) in [6.07, 6.45) is 5.53. The number of amides is 1. The van der Waals surface area contributed by atoms with E-state index < -0.39 is 0 Å². The topological polar surface area (TPSA) is 56.8 Å². The molecule has 1 aromatic heterocycles.